The number of nitrogens with one attached hydrogen (secondary N) is 1. The van der Waals surface area contributed by atoms with Crippen LogP contribution >= 0.6 is 11.8 Å². The third-order valence-electron chi connectivity index (χ3n) is 4.24. The molecular formula is C20H20N6O4S. The molecule has 10 nitrogen and oxygen atoms in total. The first kappa shape index (κ1) is 22.0. The van der Waals surface area contributed by atoms with Crippen molar-refractivity contribution in [2.75, 3.05) is 12.9 Å². The topological polar surface area (TPSA) is 125 Å². The van der Waals surface area contributed by atoms with E-state index in [2.05, 4.69) is 20.7 Å². The molecule has 0 saturated heterocycles. The second-order valence-electron chi connectivity index (χ2n) is 6.18. The molecule has 0 aliphatic carbocycles. The Morgan fingerprint density at radius 2 is 2.00 bits per heavy atom. The van der Waals surface area contributed by atoms with Gasteiger partial charge in [-0.3, -0.25) is 14.9 Å². The van der Waals surface area contributed by atoms with E-state index < -0.39 is 4.92 Å². The minimum absolute atomic E-state index is 0.0645. The fourth-order valence-corrected chi connectivity index (χ4v) is 3.53. The molecule has 3 aromatic rings. The van der Waals surface area contributed by atoms with Crippen LogP contribution in [0.15, 0.2) is 58.8 Å². The SMILES string of the molecule is CCn1c(SCC(=O)NN=Cc2ccccc2[N+](=O)[O-])nnc1-c1ccc(OC)cc1. The summed E-state index contributed by atoms with van der Waals surface area (Å²) in [4.78, 5) is 22.6. The number of amides is 1. The molecule has 0 saturated carbocycles. The summed E-state index contributed by atoms with van der Waals surface area (Å²) in [5.74, 6) is 1.15. The average molecular weight is 440 g/mol. The Morgan fingerprint density at radius 1 is 1.26 bits per heavy atom. The molecule has 0 fully saturated rings. The molecular weight excluding hydrogens is 420 g/mol. The summed E-state index contributed by atoms with van der Waals surface area (Å²) in [6.45, 7) is 2.60. The lowest BCUT2D eigenvalue weighted by atomic mass is 10.2. The van der Waals surface area contributed by atoms with E-state index in [4.69, 9.17) is 4.74 Å². The number of hydrogen-bond acceptors (Lipinski definition) is 8. The number of hydrogen-bond donors (Lipinski definition) is 1. The van der Waals surface area contributed by atoms with E-state index >= 15 is 0 Å². The fraction of sp³-hybridized carbons (Fsp3) is 0.200. The minimum Gasteiger partial charge on any atom is -0.497 e. The molecule has 31 heavy (non-hydrogen) atoms. The van der Waals surface area contributed by atoms with Crippen LogP contribution in [0.3, 0.4) is 0 Å². The van der Waals surface area contributed by atoms with Gasteiger partial charge in [0.05, 0.1) is 29.6 Å². The number of thioether (sulfide) groups is 1. The van der Waals surface area contributed by atoms with Gasteiger partial charge in [0.2, 0.25) is 0 Å². The molecule has 1 aromatic heterocycles. The highest BCUT2D eigenvalue weighted by atomic mass is 32.2. The molecule has 2 aromatic carbocycles. The second-order valence-corrected chi connectivity index (χ2v) is 7.12. The van der Waals surface area contributed by atoms with Gasteiger partial charge in [0, 0.05) is 18.2 Å². The van der Waals surface area contributed by atoms with E-state index in [1.165, 1.54) is 24.0 Å². The Morgan fingerprint density at radius 3 is 2.68 bits per heavy atom. The van der Waals surface area contributed by atoms with Crippen molar-refractivity contribution in [3.63, 3.8) is 0 Å². The van der Waals surface area contributed by atoms with Gasteiger partial charge in [-0.15, -0.1) is 10.2 Å². The molecule has 0 unspecified atom stereocenters. The molecule has 1 amide bonds. The number of nitro benzene ring substituents is 1. The van der Waals surface area contributed by atoms with Crippen molar-refractivity contribution in [2.45, 2.75) is 18.6 Å². The summed E-state index contributed by atoms with van der Waals surface area (Å²) in [7, 11) is 1.61. The molecule has 0 atom stereocenters. The van der Waals surface area contributed by atoms with Crippen LogP contribution < -0.4 is 10.2 Å². The highest BCUT2D eigenvalue weighted by Crippen LogP contribution is 2.25. The first-order chi connectivity index (χ1) is 15.0. The van der Waals surface area contributed by atoms with Crippen LogP contribution in [0.1, 0.15) is 12.5 Å². The molecule has 0 aliphatic rings. The number of hydrazone groups is 1. The number of para-hydroxylation sites is 1. The highest BCUT2D eigenvalue weighted by Gasteiger charge is 2.15. The predicted molar refractivity (Wildman–Crippen MR) is 117 cm³/mol. The van der Waals surface area contributed by atoms with Gasteiger partial charge in [-0.25, -0.2) is 5.43 Å². The van der Waals surface area contributed by atoms with Gasteiger partial charge >= 0.3 is 0 Å². The number of nitrogens with zero attached hydrogens (tertiary/aromatic N) is 5. The number of ether oxygens (including phenoxy) is 1. The molecule has 3 rings (SSSR count). The van der Waals surface area contributed by atoms with Crippen molar-refractivity contribution in [1.29, 1.82) is 0 Å². The quantitative estimate of drug-likeness (QED) is 0.235. The van der Waals surface area contributed by atoms with Gasteiger partial charge in [0.15, 0.2) is 11.0 Å². The van der Waals surface area contributed by atoms with E-state index in [-0.39, 0.29) is 17.3 Å². The van der Waals surface area contributed by atoms with Crippen molar-refractivity contribution in [1.82, 2.24) is 20.2 Å². The van der Waals surface area contributed by atoms with Crippen LogP contribution in [0, 0.1) is 10.1 Å². The van der Waals surface area contributed by atoms with E-state index in [9.17, 15) is 14.9 Å². The van der Waals surface area contributed by atoms with Crippen molar-refractivity contribution in [3.05, 3.63) is 64.2 Å². The third-order valence-corrected chi connectivity index (χ3v) is 5.21. The van der Waals surface area contributed by atoms with Crippen LogP contribution in [0.2, 0.25) is 0 Å². The molecule has 0 spiro atoms. The lowest BCUT2D eigenvalue weighted by Crippen LogP contribution is -2.20. The number of carbonyl (C=O) groups excluding carboxylic acids is 1. The highest BCUT2D eigenvalue weighted by molar-refractivity contribution is 7.99. The van der Waals surface area contributed by atoms with Crippen LogP contribution in [-0.2, 0) is 11.3 Å². The van der Waals surface area contributed by atoms with Gasteiger partial charge in [-0.05, 0) is 37.3 Å². The maximum atomic E-state index is 12.1. The van der Waals surface area contributed by atoms with Gasteiger partial charge in [-0.2, -0.15) is 5.10 Å². The van der Waals surface area contributed by atoms with Crippen LogP contribution in [0.5, 0.6) is 5.75 Å². The zero-order valence-electron chi connectivity index (χ0n) is 16.9. The number of rotatable bonds is 9. The van der Waals surface area contributed by atoms with Gasteiger partial charge in [0.1, 0.15) is 5.75 Å². The van der Waals surface area contributed by atoms with Crippen LogP contribution in [0.4, 0.5) is 5.69 Å². The maximum Gasteiger partial charge on any atom is 0.278 e. The minimum atomic E-state index is -0.503. The summed E-state index contributed by atoms with van der Waals surface area (Å²) in [6.07, 6.45) is 1.25. The molecule has 160 valence electrons. The van der Waals surface area contributed by atoms with Gasteiger partial charge in [-0.1, -0.05) is 23.9 Å². The normalized spacial score (nSPS) is 10.9. The summed E-state index contributed by atoms with van der Waals surface area (Å²) in [6, 6.07) is 13.6. The third kappa shape index (κ3) is 5.45. The number of carbonyl (C=O) groups is 1. The summed E-state index contributed by atoms with van der Waals surface area (Å²) >= 11 is 1.23. The Balaban J connectivity index is 1.61. The molecule has 11 heteroatoms. The van der Waals surface area contributed by atoms with E-state index in [0.717, 1.165) is 11.3 Å². The zero-order chi connectivity index (χ0) is 22.2. The Kier molecular flexibility index (Phi) is 7.33. The van der Waals surface area contributed by atoms with E-state index in [1.54, 1.807) is 25.3 Å². The standard InChI is InChI=1S/C20H20N6O4S/c1-3-25-19(14-8-10-16(30-2)11-9-14)23-24-20(25)31-13-18(27)22-21-12-15-6-4-5-7-17(15)26(28)29/h4-12H,3,13H2,1-2H3,(H,22,27). The molecule has 0 aliphatic heterocycles. The van der Waals surface area contributed by atoms with Gasteiger partial charge < -0.3 is 9.30 Å². The van der Waals surface area contributed by atoms with Crippen LogP contribution in [0.25, 0.3) is 11.4 Å². The zero-order valence-corrected chi connectivity index (χ0v) is 17.7. The summed E-state index contributed by atoms with van der Waals surface area (Å²) < 4.78 is 7.09. The summed E-state index contributed by atoms with van der Waals surface area (Å²) in [5.41, 5.74) is 3.48. The van der Waals surface area contributed by atoms with E-state index in [0.29, 0.717) is 23.1 Å². The lowest BCUT2D eigenvalue weighted by molar-refractivity contribution is -0.385. The first-order valence-corrected chi connectivity index (χ1v) is 10.3. The number of methoxy groups -OCH3 is 1. The Hall–Kier alpha value is -3.73. The van der Waals surface area contributed by atoms with Crippen molar-refractivity contribution in [3.8, 4) is 17.1 Å². The Labute approximate surface area is 182 Å². The predicted octanol–water partition coefficient (Wildman–Crippen LogP) is 3.12. The molecule has 1 N–H and O–H groups in total. The summed E-state index contributed by atoms with van der Waals surface area (Å²) in [5, 5.41) is 23.9. The monoisotopic (exact) mass is 440 g/mol. The molecule has 0 bridgehead atoms. The number of nitro groups is 1. The maximum absolute atomic E-state index is 12.1. The first-order valence-electron chi connectivity index (χ1n) is 9.29. The van der Waals surface area contributed by atoms with Crippen molar-refractivity contribution < 1.29 is 14.5 Å². The van der Waals surface area contributed by atoms with E-state index in [1.807, 2.05) is 35.8 Å². The van der Waals surface area contributed by atoms with Crippen molar-refractivity contribution >= 4 is 29.6 Å². The fourth-order valence-electron chi connectivity index (χ4n) is 2.73. The number of benzene rings is 2. The second kappa shape index (κ2) is 10.3. The van der Waals surface area contributed by atoms with Gasteiger partial charge in [0.25, 0.3) is 11.6 Å². The Bertz CT molecular complexity index is 1100. The molecule has 1 heterocycles. The van der Waals surface area contributed by atoms with Crippen LogP contribution in [-0.4, -0.2) is 44.7 Å². The number of aromatic nitrogens is 3. The smallest absolute Gasteiger partial charge is 0.278 e. The average Bonchev–Trinajstić information content (AvgIpc) is 3.21. The lowest BCUT2D eigenvalue weighted by Gasteiger charge is -2.07. The van der Waals surface area contributed by atoms with Crippen molar-refractivity contribution in [2.24, 2.45) is 5.10 Å². The largest absolute Gasteiger partial charge is 0.497 e. The molecule has 0 radical (unpaired) electrons.